The van der Waals surface area contributed by atoms with Crippen molar-refractivity contribution in [3.8, 4) is 0 Å². The van der Waals surface area contributed by atoms with Crippen molar-refractivity contribution in [1.82, 2.24) is 15.5 Å². The van der Waals surface area contributed by atoms with Crippen LogP contribution in [0.1, 0.15) is 10.5 Å². The summed E-state index contributed by atoms with van der Waals surface area (Å²) in [6.45, 7) is 3.88. The minimum absolute atomic E-state index is 0.234. The van der Waals surface area contributed by atoms with Crippen LogP contribution >= 0.6 is 0 Å². The standard InChI is InChI=1S/C13H15N5O2/c19-13(11-3-8-20-17-11)16-12-2-1-10(9-15-12)18-6-4-14-5-7-18/h1-3,8-9,14H,4-7H2,(H,15,16,19). The van der Waals surface area contributed by atoms with Crippen molar-refractivity contribution in [2.75, 3.05) is 36.4 Å². The first-order valence-electron chi connectivity index (χ1n) is 6.46. The molecule has 3 heterocycles. The molecule has 0 saturated carbocycles. The third-order valence-electron chi connectivity index (χ3n) is 3.14. The summed E-state index contributed by atoms with van der Waals surface area (Å²) in [4.78, 5) is 18.3. The van der Waals surface area contributed by atoms with Crippen molar-refractivity contribution in [3.05, 3.63) is 36.4 Å². The molecule has 0 aliphatic carbocycles. The fraction of sp³-hybridized carbons (Fsp3) is 0.308. The van der Waals surface area contributed by atoms with Gasteiger partial charge in [-0.3, -0.25) is 4.79 Å². The van der Waals surface area contributed by atoms with E-state index >= 15 is 0 Å². The predicted molar refractivity (Wildman–Crippen MR) is 73.8 cm³/mol. The molecule has 0 bridgehead atoms. The van der Waals surface area contributed by atoms with Gasteiger partial charge in [0.25, 0.3) is 5.91 Å². The number of carbonyl (C=O) groups excluding carboxylic acids is 1. The van der Waals surface area contributed by atoms with Crippen LogP contribution in [0, 0.1) is 0 Å². The summed E-state index contributed by atoms with van der Waals surface area (Å²) < 4.78 is 4.63. The van der Waals surface area contributed by atoms with Crippen LogP contribution in [0.3, 0.4) is 0 Å². The molecular weight excluding hydrogens is 258 g/mol. The molecule has 1 saturated heterocycles. The molecule has 1 aliphatic rings. The van der Waals surface area contributed by atoms with Crippen LogP contribution in [0.15, 0.2) is 35.2 Å². The Morgan fingerprint density at radius 1 is 1.30 bits per heavy atom. The van der Waals surface area contributed by atoms with Crippen LogP contribution in [-0.2, 0) is 0 Å². The molecule has 2 N–H and O–H groups in total. The minimum atomic E-state index is -0.332. The molecule has 1 fully saturated rings. The van der Waals surface area contributed by atoms with E-state index in [1.54, 1.807) is 12.3 Å². The lowest BCUT2D eigenvalue weighted by molar-refractivity contribution is 0.101. The van der Waals surface area contributed by atoms with E-state index in [9.17, 15) is 4.79 Å². The van der Waals surface area contributed by atoms with E-state index in [1.807, 2.05) is 6.07 Å². The number of carbonyl (C=O) groups is 1. The molecule has 104 valence electrons. The van der Waals surface area contributed by atoms with Gasteiger partial charge in [-0.2, -0.15) is 0 Å². The average molecular weight is 273 g/mol. The van der Waals surface area contributed by atoms with Gasteiger partial charge in [0.05, 0.1) is 11.9 Å². The van der Waals surface area contributed by atoms with Crippen molar-refractivity contribution in [1.29, 1.82) is 0 Å². The smallest absolute Gasteiger partial charge is 0.278 e. The fourth-order valence-corrected chi connectivity index (χ4v) is 2.08. The van der Waals surface area contributed by atoms with Crippen LogP contribution in [0.25, 0.3) is 0 Å². The number of nitrogens with one attached hydrogen (secondary N) is 2. The van der Waals surface area contributed by atoms with E-state index in [4.69, 9.17) is 0 Å². The number of rotatable bonds is 3. The summed E-state index contributed by atoms with van der Waals surface area (Å²) in [6.07, 6.45) is 3.12. The zero-order valence-electron chi connectivity index (χ0n) is 10.9. The van der Waals surface area contributed by atoms with E-state index in [0.29, 0.717) is 5.82 Å². The first kappa shape index (κ1) is 12.6. The molecule has 3 rings (SSSR count). The monoisotopic (exact) mass is 273 g/mol. The second-order valence-corrected chi connectivity index (χ2v) is 4.48. The maximum absolute atomic E-state index is 11.8. The zero-order chi connectivity index (χ0) is 13.8. The third-order valence-corrected chi connectivity index (χ3v) is 3.14. The number of hydrogen-bond donors (Lipinski definition) is 2. The molecule has 7 nitrogen and oxygen atoms in total. The molecule has 1 aliphatic heterocycles. The van der Waals surface area contributed by atoms with Gasteiger partial charge in [-0.05, 0) is 12.1 Å². The van der Waals surface area contributed by atoms with Gasteiger partial charge in [-0.25, -0.2) is 4.98 Å². The van der Waals surface area contributed by atoms with Gasteiger partial charge in [0.1, 0.15) is 12.1 Å². The van der Waals surface area contributed by atoms with E-state index in [1.165, 1.54) is 12.3 Å². The number of aromatic nitrogens is 2. The minimum Gasteiger partial charge on any atom is -0.368 e. The highest BCUT2D eigenvalue weighted by atomic mass is 16.5. The van der Waals surface area contributed by atoms with Gasteiger partial charge in [0.15, 0.2) is 5.69 Å². The van der Waals surface area contributed by atoms with Gasteiger partial charge in [0.2, 0.25) is 0 Å². The Labute approximate surface area is 116 Å². The second kappa shape index (κ2) is 5.70. The van der Waals surface area contributed by atoms with Crippen molar-refractivity contribution in [2.24, 2.45) is 0 Å². The molecule has 0 radical (unpaired) electrons. The second-order valence-electron chi connectivity index (χ2n) is 4.48. The quantitative estimate of drug-likeness (QED) is 0.858. The van der Waals surface area contributed by atoms with Gasteiger partial charge in [-0.1, -0.05) is 5.16 Å². The normalized spacial score (nSPS) is 15.1. The number of piperazine rings is 1. The molecule has 1 amide bonds. The van der Waals surface area contributed by atoms with E-state index < -0.39 is 0 Å². The van der Waals surface area contributed by atoms with Crippen LogP contribution in [0.5, 0.6) is 0 Å². The van der Waals surface area contributed by atoms with Crippen LogP contribution < -0.4 is 15.5 Å². The lowest BCUT2D eigenvalue weighted by Gasteiger charge is -2.29. The molecule has 0 spiro atoms. The van der Waals surface area contributed by atoms with Crippen LogP contribution in [0.4, 0.5) is 11.5 Å². The van der Waals surface area contributed by atoms with E-state index in [0.717, 1.165) is 31.9 Å². The Morgan fingerprint density at radius 2 is 2.15 bits per heavy atom. The molecule has 2 aromatic heterocycles. The van der Waals surface area contributed by atoms with Gasteiger partial charge < -0.3 is 20.1 Å². The van der Waals surface area contributed by atoms with Gasteiger partial charge in [-0.15, -0.1) is 0 Å². The zero-order valence-corrected chi connectivity index (χ0v) is 10.9. The Bertz CT molecular complexity index is 561. The van der Waals surface area contributed by atoms with Crippen molar-refractivity contribution < 1.29 is 9.32 Å². The maximum atomic E-state index is 11.8. The summed E-state index contributed by atoms with van der Waals surface area (Å²) in [5, 5.41) is 9.55. The summed E-state index contributed by atoms with van der Waals surface area (Å²) in [5.41, 5.74) is 1.30. The Hall–Kier alpha value is -2.41. The average Bonchev–Trinajstić information content (AvgIpc) is 3.03. The first-order valence-corrected chi connectivity index (χ1v) is 6.46. The van der Waals surface area contributed by atoms with E-state index in [2.05, 4.69) is 30.2 Å². The third kappa shape index (κ3) is 2.77. The maximum Gasteiger partial charge on any atom is 0.278 e. The number of nitrogens with zero attached hydrogens (tertiary/aromatic N) is 3. The highest BCUT2D eigenvalue weighted by Crippen LogP contribution is 2.15. The highest BCUT2D eigenvalue weighted by Gasteiger charge is 2.12. The Morgan fingerprint density at radius 3 is 2.80 bits per heavy atom. The van der Waals surface area contributed by atoms with Crippen molar-refractivity contribution >= 4 is 17.4 Å². The predicted octanol–water partition coefficient (Wildman–Crippen LogP) is 0.731. The summed E-state index contributed by atoms with van der Waals surface area (Å²) in [5.74, 6) is 0.165. The van der Waals surface area contributed by atoms with Gasteiger partial charge in [0, 0.05) is 32.2 Å². The summed E-state index contributed by atoms with van der Waals surface area (Å²) >= 11 is 0. The van der Waals surface area contributed by atoms with Crippen LogP contribution in [0.2, 0.25) is 0 Å². The first-order chi connectivity index (χ1) is 9.83. The largest absolute Gasteiger partial charge is 0.368 e. The molecule has 20 heavy (non-hydrogen) atoms. The number of pyridine rings is 1. The lowest BCUT2D eigenvalue weighted by Crippen LogP contribution is -2.43. The number of amides is 1. The fourth-order valence-electron chi connectivity index (χ4n) is 2.08. The lowest BCUT2D eigenvalue weighted by atomic mass is 10.3. The van der Waals surface area contributed by atoms with Crippen molar-refractivity contribution in [2.45, 2.75) is 0 Å². The molecule has 0 unspecified atom stereocenters. The molecule has 0 aromatic carbocycles. The molecule has 7 heteroatoms. The molecule has 0 atom stereocenters. The Kier molecular flexibility index (Phi) is 3.60. The SMILES string of the molecule is O=C(Nc1ccc(N2CCNCC2)cn1)c1ccon1. The van der Waals surface area contributed by atoms with E-state index in [-0.39, 0.29) is 11.6 Å². The number of anilines is 2. The molecule has 2 aromatic rings. The Balaban J connectivity index is 1.65. The molecular formula is C13H15N5O2. The summed E-state index contributed by atoms with van der Waals surface area (Å²) in [6, 6.07) is 5.25. The number of hydrogen-bond acceptors (Lipinski definition) is 6. The summed E-state index contributed by atoms with van der Waals surface area (Å²) in [7, 11) is 0. The van der Waals surface area contributed by atoms with Crippen molar-refractivity contribution in [3.63, 3.8) is 0 Å². The van der Waals surface area contributed by atoms with Gasteiger partial charge >= 0.3 is 0 Å². The highest BCUT2D eigenvalue weighted by molar-refractivity contribution is 6.02. The topological polar surface area (TPSA) is 83.3 Å². The van der Waals surface area contributed by atoms with Crippen LogP contribution in [-0.4, -0.2) is 42.2 Å².